The summed E-state index contributed by atoms with van der Waals surface area (Å²) in [4.78, 5) is 31.3. The number of alkyl carbamates (subject to hydrolysis) is 1. The number of hydrogen-bond acceptors (Lipinski definition) is 7. The van der Waals surface area contributed by atoms with Crippen molar-refractivity contribution in [2.45, 2.75) is 64.7 Å². The third-order valence-electron chi connectivity index (χ3n) is 3.59. The second-order valence-corrected chi connectivity index (χ2v) is 7.42. The van der Waals surface area contributed by atoms with E-state index in [1.54, 1.807) is 0 Å². The van der Waals surface area contributed by atoms with Crippen molar-refractivity contribution in [2.24, 2.45) is 5.73 Å². The van der Waals surface area contributed by atoms with Gasteiger partial charge in [-0.3, -0.25) is 4.79 Å². The summed E-state index contributed by atoms with van der Waals surface area (Å²) in [6.07, 6.45) is 2.48. The van der Waals surface area contributed by atoms with E-state index in [4.69, 9.17) is 15.6 Å². The molecule has 0 aromatic heterocycles. The highest BCUT2D eigenvalue weighted by atomic mass is 16.6. The molecule has 0 atom stereocenters. The molecule has 0 unspecified atom stereocenters. The molecule has 0 heterocycles. The van der Waals surface area contributed by atoms with E-state index in [0.29, 0.717) is 6.04 Å². The number of nitrogens with two attached hydrogens (primary N) is 1. The summed E-state index contributed by atoms with van der Waals surface area (Å²) in [5, 5.41) is 10.9. The van der Waals surface area contributed by atoms with Crippen LogP contribution < -0.4 is 11.1 Å². The summed E-state index contributed by atoms with van der Waals surface area (Å²) < 4.78 is 13.9. The number of carbonyl (C=O) groups is 3. The van der Waals surface area contributed by atoms with E-state index in [1.165, 1.54) is 13.5 Å². The van der Waals surface area contributed by atoms with Gasteiger partial charge in [0.2, 0.25) is 0 Å². The van der Waals surface area contributed by atoms with Gasteiger partial charge in [0, 0.05) is 6.04 Å². The normalized spacial score (nSPS) is 12.6. The number of hydrogen-bond donors (Lipinski definition) is 3. The molecule has 9 nitrogen and oxygen atoms in total. The number of ether oxygens (including phenoxy) is 3. The van der Waals surface area contributed by atoms with Crippen LogP contribution in [-0.4, -0.2) is 48.6 Å². The predicted octanol–water partition coefficient (Wildman–Crippen LogP) is 2.89. The van der Waals surface area contributed by atoms with Crippen molar-refractivity contribution in [3.8, 4) is 0 Å². The van der Waals surface area contributed by atoms with Gasteiger partial charge in [-0.05, 0) is 45.6 Å². The molecular weight excluding hydrogens is 392 g/mol. The highest BCUT2D eigenvalue weighted by Crippen LogP contribution is 2.18. The van der Waals surface area contributed by atoms with E-state index in [1.807, 2.05) is 51.1 Å². The van der Waals surface area contributed by atoms with E-state index in [2.05, 4.69) is 14.8 Å². The molecule has 1 saturated carbocycles. The summed E-state index contributed by atoms with van der Waals surface area (Å²) >= 11 is 0. The number of methoxy groups -OCH3 is 1. The van der Waals surface area contributed by atoms with E-state index < -0.39 is 6.09 Å². The Labute approximate surface area is 177 Å². The largest absolute Gasteiger partial charge is 0.469 e. The van der Waals surface area contributed by atoms with Crippen molar-refractivity contribution in [1.29, 1.82) is 0 Å². The van der Waals surface area contributed by atoms with Crippen LogP contribution in [0.25, 0.3) is 0 Å². The zero-order chi connectivity index (χ0) is 23.0. The van der Waals surface area contributed by atoms with Gasteiger partial charge in [0.15, 0.2) is 0 Å². The first-order valence-corrected chi connectivity index (χ1v) is 9.70. The molecule has 0 spiro atoms. The maximum absolute atomic E-state index is 11.1. The lowest BCUT2D eigenvalue weighted by Crippen LogP contribution is -2.42. The van der Waals surface area contributed by atoms with Gasteiger partial charge in [0.05, 0.1) is 20.1 Å². The van der Waals surface area contributed by atoms with Gasteiger partial charge in [-0.1, -0.05) is 30.3 Å². The van der Waals surface area contributed by atoms with Crippen molar-refractivity contribution < 1.29 is 33.7 Å². The third-order valence-corrected chi connectivity index (χ3v) is 3.59. The quantitative estimate of drug-likeness (QED) is 0.486. The minimum Gasteiger partial charge on any atom is -0.469 e. The number of rotatable bonds is 5. The fourth-order valence-corrected chi connectivity index (χ4v) is 1.95. The average Bonchev–Trinajstić information content (AvgIpc) is 2.64. The smallest absolute Gasteiger partial charge is 0.407 e. The van der Waals surface area contributed by atoms with Crippen molar-refractivity contribution >= 4 is 18.2 Å². The number of aliphatic hydroxyl groups is 1. The number of carbonyl (C=O) groups excluding carboxylic acids is 3. The second kappa shape index (κ2) is 15.1. The van der Waals surface area contributed by atoms with Gasteiger partial charge in [-0.2, -0.15) is 0 Å². The lowest BCUT2D eigenvalue weighted by Gasteiger charge is -2.28. The molecule has 2 amide bonds. The zero-order valence-electron chi connectivity index (χ0n) is 18.2. The van der Waals surface area contributed by atoms with E-state index in [9.17, 15) is 14.4 Å². The van der Waals surface area contributed by atoms with Crippen molar-refractivity contribution in [2.75, 3.05) is 13.7 Å². The van der Waals surface area contributed by atoms with Crippen LogP contribution in [0.2, 0.25) is 0 Å². The van der Waals surface area contributed by atoms with Gasteiger partial charge in [0.25, 0.3) is 0 Å². The molecule has 1 aromatic rings. The summed E-state index contributed by atoms with van der Waals surface area (Å²) in [5.74, 6) is -0.373. The maximum atomic E-state index is 11.1. The minimum absolute atomic E-state index is 0.0938. The third kappa shape index (κ3) is 16.2. The molecular formula is C21H34N2O7. The maximum Gasteiger partial charge on any atom is 0.407 e. The number of amides is 2. The molecule has 1 aromatic carbocycles. The Balaban J connectivity index is 0.000000437. The highest BCUT2D eigenvalue weighted by Gasteiger charge is 2.22. The Bertz CT molecular complexity index is 626. The Kier molecular flexibility index (Phi) is 13.7. The standard InChI is InChI=1S/C9H17NO2.C8H9NO2.C4H8O3/c1-9(2,3)12-8(11)10-7-5-4-6-7;9-8(10)11-6-7-4-2-1-3-5-7;1-7-4(6)2-3-5/h7H,4-6H2,1-3H3,(H,10,11);1-5H,6H2,(H2,9,10);5H,2-3H2,1H3. The summed E-state index contributed by atoms with van der Waals surface area (Å²) in [6.45, 7) is 5.72. The Hall–Kier alpha value is -2.81. The Morgan fingerprint density at radius 3 is 2.13 bits per heavy atom. The predicted molar refractivity (Wildman–Crippen MR) is 112 cm³/mol. The van der Waals surface area contributed by atoms with Crippen LogP contribution in [-0.2, 0) is 25.6 Å². The Morgan fingerprint density at radius 1 is 1.17 bits per heavy atom. The summed E-state index contributed by atoms with van der Waals surface area (Å²) in [7, 11) is 1.29. The monoisotopic (exact) mass is 426 g/mol. The summed E-state index contributed by atoms with van der Waals surface area (Å²) in [6, 6.07) is 9.74. The molecule has 2 rings (SSSR count). The Morgan fingerprint density at radius 2 is 1.77 bits per heavy atom. The van der Waals surface area contributed by atoms with Crippen LogP contribution >= 0.6 is 0 Å². The fourth-order valence-electron chi connectivity index (χ4n) is 1.95. The fraction of sp³-hybridized carbons (Fsp3) is 0.571. The first-order chi connectivity index (χ1) is 14.1. The first kappa shape index (κ1) is 27.2. The average molecular weight is 427 g/mol. The van der Waals surface area contributed by atoms with Crippen LogP contribution in [0.3, 0.4) is 0 Å². The molecule has 4 N–H and O–H groups in total. The molecule has 1 aliphatic rings. The van der Waals surface area contributed by atoms with Gasteiger partial charge in [0.1, 0.15) is 12.2 Å². The number of esters is 1. The van der Waals surface area contributed by atoms with Gasteiger partial charge >= 0.3 is 18.2 Å². The number of aliphatic hydroxyl groups excluding tert-OH is 1. The number of benzene rings is 1. The second-order valence-electron chi connectivity index (χ2n) is 7.42. The molecule has 0 radical (unpaired) electrons. The SMILES string of the molecule is CC(C)(C)OC(=O)NC1CCC1.COC(=O)CCO.NC(=O)OCc1ccccc1. The van der Waals surface area contributed by atoms with Crippen molar-refractivity contribution in [3.05, 3.63) is 35.9 Å². The molecule has 0 aliphatic heterocycles. The van der Waals surface area contributed by atoms with Crippen LogP contribution in [0.15, 0.2) is 30.3 Å². The molecule has 1 fully saturated rings. The topological polar surface area (TPSA) is 137 Å². The molecule has 30 heavy (non-hydrogen) atoms. The molecule has 1 aliphatic carbocycles. The minimum atomic E-state index is -0.742. The van der Waals surface area contributed by atoms with Crippen LogP contribution in [0, 0.1) is 0 Å². The lowest BCUT2D eigenvalue weighted by atomic mass is 9.93. The zero-order valence-corrected chi connectivity index (χ0v) is 18.2. The van der Waals surface area contributed by atoms with E-state index in [0.717, 1.165) is 18.4 Å². The van der Waals surface area contributed by atoms with Gasteiger partial charge < -0.3 is 30.4 Å². The molecule has 0 bridgehead atoms. The van der Waals surface area contributed by atoms with Crippen molar-refractivity contribution in [1.82, 2.24) is 5.32 Å². The molecule has 9 heteroatoms. The highest BCUT2D eigenvalue weighted by molar-refractivity contribution is 5.69. The van der Waals surface area contributed by atoms with Gasteiger partial charge in [-0.15, -0.1) is 0 Å². The number of primary amides is 1. The van der Waals surface area contributed by atoms with E-state index >= 15 is 0 Å². The molecule has 170 valence electrons. The summed E-state index contributed by atoms with van der Waals surface area (Å²) in [5.41, 5.74) is 5.33. The number of nitrogens with one attached hydrogen (secondary N) is 1. The molecule has 0 saturated heterocycles. The van der Waals surface area contributed by atoms with Crippen LogP contribution in [0.4, 0.5) is 9.59 Å². The van der Waals surface area contributed by atoms with E-state index in [-0.39, 0.29) is 37.3 Å². The van der Waals surface area contributed by atoms with Crippen molar-refractivity contribution in [3.63, 3.8) is 0 Å². The lowest BCUT2D eigenvalue weighted by molar-refractivity contribution is -0.141. The van der Waals surface area contributed by atoms with Crippen LogP contribution in [0.5, 0.6) is 0 Å². The first-order valence-electron chi connectivity index (χ1n) is 9.70. The van der Waals surface area contributed by atoms with Gasteiger partial charge in [-0.25, -0.2) is 9.59 Å². The van der Waals surface area contributed by atoms with Crippen LogP contribution in [0.1, 0.15) is 52.0 Å².